The predicted molar refractivity (Wildman–Crippen MR) is 88.1 cm³/mol. The highest BCUT2D eigenvalue weighted by Crippen LogP contribution is 2.17. The quantitative estimate of drug-likeness (QED) is 0.741. The van der Waals surface area contributed by atoms with Crippen molar-refractivity contribution in [2.75, 3.05) is 12.4 Å². The van der Waals surface area contributed by atoms with Gasteiger partial charge < -0.3 is 4.90 Å². The molecule has 0 bridgehead atoms. The van der Waals surface area contributed by atoms with Crippen LogP contribution < -0.4 is 0 Å². The van der Waals surface area contributed by atoms with E-state index in [2.05, 4.69) is 0 Å². The first-order valence-electron chi connectivity index (χ1n) is 6.76. The van der Waals surface area contributed by atoms with Gasteiger partial charge >= 0.3 is 0 Å². The highest BCUT2D eigenvalue weighted by Gasteiger charge is 2.16. The van der Waals surface area contributed by atoms with E-state index in [1.54, 1.807) is 11.0 Å². The molecule has 0 unspecified atom stereocenters. The maximum atomic E-state index is 12.7. The summed E-state index contributed by atoms with van der Waals surface area (Å²) in [5.41, 5.74) is 2.65. The van der Waals surface area contributed by atoms with E-state index in [1.165, 1.54) is 0 Å². The zero-order chi connectivity index (χ0) is 15.2. The van der Waals surface area contributed by atoms with Crippen molar-refractivity contribution in [2.45, 2.75) is 13.5 Å². The number of hydrogen-bond donors (Lipinski definition) is 0. The Morgan fingerprint density at radius 2 is 1.86 bits per heavy atom. The molecule has 2 rings (SSSR count). The van der Waals surface area contributed by atoms with Crippen molar-refractivity contribution in [3.8, 4) is 0 Å². The van der Waals surface area contributed by atoms with Gasteiger partial charge in [-0.05, 0) is 36.2 Å². The molecule has 2 nitrogen and oxygen atoms in total. The second kappa shape index (κ2) is 7.48. The summed E-state index contributed by atoms with van der Waals surface area (Å²) in [6.07, 6.45) is 0. The van der Waals surface area contributed by atoms with Crippen LogP contribution in [-0.4, -0.2) is 23.2 Å². The number of rotatable bonds is 5. The molecule has 0 saturated carbocycles. The van der Waals surface area contributed by atoms with Crippen LogP contribution in [0.2, 0.25) is 5.02 Å². The third-order valence-electron chi connectivity index (χ3n) is 3.15. The third kappa shape index (κ3) is 4.48. The van der Waals surface area contributed by atoms with Crippen molar-refractivity contribution >= 4 is 29.1 Å². The Balaban J connectivity index is 2.22. The van der Waals surface area contributed by atoms with Gasteiger partial charge in [0.05, 0.1) is 0 Å². The zero-order valence-corrected chi connectivity index (χ0v) is 13.4. The minimum Gasteiger partial charge on any atom is -0.333 e. The first-order chi connectivity index (χ1) is 10.1. The number of halogens is 2. The molecule has 0 radical (unpaired) electrons. The fourth-order valence-electron chi connectivity index (χ4n) is 2.20. The normalized spacial score (nSPS) is 10.4. The largest absolute Gasteiger partial charge is 0.333 e. The van der Waals surface area contributed by atoms with Gasteiger partial charge in [-0.3, -0.25) is 4.79 Å². The molecule has 110 valence electrons. The maximum Gasteiger partial charge on any atom is 0.254 e. The molecule has 0 N–H and O–H groups in total. The number of aryl methyl sites for hydroxylation is 1. The molecule has 0 atom stereocenters. The Morgan fingerprint density at radius 3 is 2.48 bits per heavy atom. The van der Waals surface area contributed by atoms with E-state index in [0.29, 0.717) is 29.6 Å². The fourth-order valence-corrected chi connectivity index (χ4v) is 2.69. The van der Waals surface area contributed by atoms with Gasteiger partial charge in [0.2, 0.25) is 0 Å². The Bertz CT molecular complexity index is 593. The molecule has 21 heavy (non-hydrogen) atoms. The molecule has 0 aromatic heterocycles. The van der Waals surface area contributed by atoms with E-state index in [1.807, 2.05) is 49.4 Å². The number of alkyl halides is 1. The summed E-state index contributed by atoms with van der Waals surface area (Å²) >= 11 is 11.9. The Hall–Kier alpha value is -1.51. The maximum absolute atomic E-state index is 12.7. The number of amides is 1. The van der Waals surface area contributed by atoms with Gasteiger partial charge in [0, 0.05) is 29.6 Å². The van der Waals surface area contributed by atoms with Gasteiger partial charge in [-0.15, -0.1) is 11.6 Å². The van der Waals surface area contributed by atoms with E-state index in [4.69, 9.17) is 23.2 Å². The van der Waals surface area contributed by atoms with Crippen LogP contribution in [0.25, 0.3) is 0 Å². The predicted octanol–water partition coefficient (Wildman–Crippen LogP) is 4.53. The number of carbonyl (C=O) groups excluding carboxylic acids is 1. The van der Waals surface area contributed by atoms with Crippen molar-refractivity contribution in [3.63, 3.8) is 0 Å². The van der Waals surface area contributed by atoms with E-state index >= 15 is 0 Å². The Morgan fingerprint density at radius 1 is 1.14 bits per heavy atom. The number of hydrogen-bond acceptors (Lipinski definition) is 1. The van der Waals surface area contributed by atoms with E-state index in [-0.39, 0.29) is 5.91 Å². The molecule has 2 aromatic rings. The average Bonchev–Trinajstić information content (AvgIpc) is 2.46. The Kier molecular flexibility index (Phi) is 5.66. The molecule has 1 amide bonds. The van der Waals surface area contributed by atoms with Crippen LogP contribution in [0.5, 0.6) is 0 Å². The molecule has 0 aliphatic carbocycles. The zero-order valence-electron chi connectivity index (χ0n) is 11.9. The van der Waals surface area contributed by atoms with Crippen LogP contribution in [0, 0.1) is 6.92 Å². The van der Waals surface area contributed by atoms with Gasteiger partial charge in [0.1, 0.15) is 0 Å². The molecule has 0 spiro atoms. The summed E-state index contributed by atoms with van der Waals surface area (Å²) in [5, 5.41) is 0.573. The van der Waals surface area contributed by atoms with E-state index < -0.39 is 0 Å². The SMILES string of the molecule is Cc1cc(Cl)cc(C(=O)N(CCCl)Cc2ccccc2)c1. The summed E-state index contributed by atoms with van der Waals surface area (Å²) < 4.78 is 0. The highest BCUT2D eigenvalue weighted by atomic mass is 35.5. The van der Waals surface area contributed by atoms with Crippen molar-refractivity contribution in [2.24, 2.45) is 0 Å². The van der Waals surface area contributed by atoms with Crippen molar-refractivity contribution in [3.05, 3.63) is 70.2 Å². The molecule has 0 saturated heterocycles. The average molecular weight is 322 g/mol. The van der Waals surface area contributed by atoms with Gasteiger partial charge in [-0.2, -0.15) is 0 Å². The van der Waals surface area contributed by atoms with Crippen molar-refractivity contribution in [1.29, 1.82) is 0 Å². The monoisotopic (exact) mass is 321 g/mol. The molecule has 0 aliphatic heterocycles. The van der Waals surface area contributed by atoms with Crippen LogP contribution in [0.1, 0.15) is 21.5 Å². The lowest BCUT2D eigenvalue weighted by molar-refractivity contribution is 0.0753. The summed E-state index contributed by atoms with van der Waals surface area (Å²) in [6.45, 7) is 2.96. The van der Waals surface area contributed by atoms with Crippen molar-refractivity contribution in [1.82, 2.24) is 4.90 Å². The minimum absolute atomic E-state index is 0.0508. The molecule has 0 heterocycles. The first kappa shape index (κ1) is 15.9. The molecule has 0 aliphatic rings. The second-order valence-electron chi connectivity index (χ2n) is 4.92. The third-order valence-corrected chi connectivity index (χ3v) is 3.53. The smallest absolute Gasteiger partial charge is 0.254 e. The van der Waals surface area contributed by atoms with Crippen LogP contribution in [0.4, 0.5) is 0 Å². The standard InChI is InChI=1S/C17H17Cl2NO/c1-13-9-15(11-16(19)10-13)17(21)20(8-7-18)12-14-5-3-2-4-6-14/h2-6,9-11H,7-8,12H2,1H3. The number of carbonyl (C=O) groups is 1. The topological polar surface area (TPSA) is 20.3 Å². The molecular formula is C17H17Cl2NO. The second-order valence-corrected chi connectivity index (χ2v) is 5.73. The summed E-state index contributed by atoms with van der Waals surface area (Å²) in [5.74, 6) is 0.350. The van der Waals surface area contributed by atoms with Crippen LogP contribution in [0.3, 0.4) is 0 Å². The van der Waals surface area contributed by atoms with Gasteiger partial charge in [0.25, 0.3) is 5.91 Å². The summed E-state index contributed by atoms with van der Waals surface area (Å²) in [7, 11) is 0. The van der Waals surface area contributed by atoms with Crippen LogP contribution in [-0.2, 0) is 6.54 Å². The minimum atomic E-state index is -0.0508. The van der Waals surface area contributed by atoms with Gasteiger partial charge in [-0.1, -0.05) is 41.9 Å². The van der Waals surface area contributed by atoms with E-state index in [0.717, 1.165) is 11.1 Å². The fraction of sp³-hybridized carbons (Fsp3) is 0.235. The summed E-state index contributed by atoms with van der Waals surface area (Å²) in [6, 6.07) is 15.3. The molecule has 0 fully saturated rings. The van der Waals surface area contributed by atoms with Crippen LogP contribution >= 0.6 is 23.2 Å². The van der Waals surface area contributed by atoms with Gasteiger partial charge in [0.15, 0.2) is 0 Å². The molecular weight excluding hydrogens is 305 g/mol. The lowest BCUT2D eigenvalue weighted by atomic mass is 10.1. The van der Waals surface area contributed by atoms with Crippen molar-refractivity contribution < 1.29 is 4.79 Å². The summed E-state index contributed by atoms with van der Waals surface area (Å²) in [4.78, 5) is 14.4. The Labute approximate surface area is 135 Å². The van der Waals surface area contributed by atoms with E-state index in [9.17, 15) is 4.79 Å². The first-order valence-corrected chi connectivity index (χ1v) is 7.68. The molecule has 4 heteroatoms. The number of nitrogens with zero attached hydrogens (tertiary/aromatic N) is 1. The van der Waals surface area contributed by atoms with Gasteiger partial charge in [-0.25, -0.2) is 0 Å². The highest BCUT2D eigenvalue weighted by molar-refractivity contribution is 6.31. The molecule has 2 aromatic carbocycles. The number of benzene rings is 2. The lowest BCUT2D eigenvalue weighted by Gasteiger charge is -2.22. The van der Waals surface area contributed by atoms with Crippen LogP contribution in [0.15, 0.2) is 48.5 Å². The lowest BCUT2D eigenvalue weighted by Crippen LogP contribution is -2.32.